The Labute approximate surface area is 132 Å². The summed E-state index contributed by atoms with van der Waals surface area (Å²) < 4.78 is 6.30. The minimum Gasteiger partial charge on any atom is -0.378 e. The highest BCUT2D eigenvalue weighted by Gasteiger charge is 2.61. The zero-order valence-electron chi connectivity index (χ0n) is 15.2. The maximum Gasteiger partial charge on any atom is 0.0636 e. The second-order valence-electron chi connectivity index (χ2n) is 9.21. The zero-order valence-corrected chi connectivity index (χ0v) is 15.2. The van der Waals surface area contributed by atoms with Gasteiger partial charge in [-0.05, 0) is 82.6 Å². The Hall–Kier alpha value is -0.0800. The van der Waals surface area contributed by atoms with Gasteiger partial charge in [-0.2, -0.15) is 0 Å². The van der Waals surface area contributed by atoms with Gasteiger partial charge in [0.1, 0.15) is 0 Å². The third kappa shape index (κ3) is 3.64. The molecule has 0 aromatic heterocycles. The molecule has 0 aromatic carbocycles. The van der Waals surface area contributed by atoms with Crippen molar-refractivity contribution in [3.8, 4) is 0 Å². The summed E-state index contributed by atoms with van der Waals surface area (Å²) in [5, 5.41) is 3.55. The van der Waals surface area contributed by atoms with E-state index in [0.717, 1.165) is 19.1 Å². The number of fused-ring (bicyclic) bond motifs is 2. The van der Waals surface area contributed by atoms with Crippen molar-refractivity contribution >= 4 is 0 Å². The molecule has 0 saturated heterocycles. The minimum atomic E-state index is 0.250. The lowest BCUT2D eigenvalue weighted by molar-refractivity contribution is -0.0475. The fourth-order valence-electron chi connectivity index (χ4n) is 4.48. The molecule has 21 heavy (non-hydrogen) atoms. The molecule has 2 nitrogen and oxygen atoms in total. The van der Waals surface area contributed by atoms with Crippen LogP contribution in [0.2, 0.25) is 0 Å². The maximum absolute atomic E-state index is 6.30. The van der Waals surface area contributed by atoms with Crippen LogP contribution in [0.5, 0.6) is 0 Å². The zero-order chi connectivity index (χ0) is 15.7. The van der Waals surface area contributed by atoms with Crippen LogP contribution in [-0.2, 0) is 4.74 Å². The van der Waals surface area contributed by atoms with E-state index in [-0.39, 0.29) is 5.54 Å². The molecule has 2 bridgehead atoms. The second-order valence-corrected chi connectivity index (χ2v) is 9.21. The molecule has 3 unspecified atom stereocenters. The highest BCUT2D eigenvalue weighted by Crippen LogP contribution is 2.66. The van der Waals surface area contributed by atoms with Gasteiger partial charge in [0.05, 0.1) is 6.10 Å². The van der Waals surface area contributed by atoms with Crippen molar-refractivity contribution in [2.45, 2.75) is 91.7 Å². The van der Waals surface area contributed by atoms with Crippen LogP contribution in [0.15, 0.2) is 0 Å². The van der Waals surface area contributed by atoms with Crippen LogP contribution in [-0.4, -0.2) is 24.8 Å². The van der Waals surface area contributed by atoms with Gasteiger partial charge in [0.25, 0.3) is 0 Å². The molecular formula is C19H37NO. The highest BCUT2D eigenvalue weighted by atomic mass is 16.5. The van der Waals surface area contributed by atoms with Crippen LogP contribution in [0.25, 0.3) is 0 Å². The Morgan fingerprint density at radius 2 is 1.81 bits per heavy atom. The third-order valence-corrected chi connectivity index (χ3v) is 6.51. The average molecular weight is 296 g/mol. The first-order valence-corrected chi connectivity index (χ1v) is 9.03. The van der Waals surface area contributed by atoms with Crippen molar-refractivity contribution in [1.29, 1.82) is 0 Å². The van der Waals surface area contributed by atoms with Gasteiger partial charge in [-0.3, -0.25) is 0 Å². The van der Waals surface area contributed by atoms with Gasteiger partial charge in [-0.25, -0.2) is 0 Å². The predicted molar refractivity (Wildman–Crippen MR) is 90.6 cm³/mol. The van der Waals surface area contributed by atoms with Gasteiger partial charge < -0.3 is 10.1 Å². The quantitative estimate of drug-likeness (QED) is 0.683. The summed E-state index contributed by atoms with van der Waals surface area (Å²) in [4.78, 5) is 0. The van der Waals surface area contributed by atoms with Crippen LogP contribution >= 0.6 is 0 Å². The summed E-state index contributed by atoms with van der Waals surface area (Å²) in [6.45, 7) is 16.2. The Bertz CT molecular complexity index is 344. The number of ether oxygens (including phenoxy) is 1. The van der Waals surface area contributed by atoms with E-state index >= 15 is 0 Å². The van der Waals surface area contributed by atoms with Gasteiger partial charge >= 0.3 is 0 Å². The van der Waals surface area contributed by atoms with Crippen molar-refractivity contribution < 1.29 is 4.74 Å². The molecule has 124 valence electrons. The lowest BCUT2D eigenvalue weighted by Gasteiger charge is -2.39. The molecule has 3 atom stereocenters. The van der Waals surface area contributed by atoms with E-state index in [0.29, 0.717) is 16.9 Å². The molecular weight excluding hydrogens is 258 g/mol. The summed E-state index contributed by atoms with van der Waals surface area (Å²) in [6.07, 6.45) is 8.35. The molecule has 2 rings (SSSR count). The molecule has 2 heteroatoms. The Balaban J connectivity index is 1.61. The minimum absolute atomic E-state index is 0.250. The maximum atomic E-state index is 6.30. The molecule has 0 heterocycles. The van der Waals surface area contributed by atoms with Gasteiger partial charge in [0, 0.05) is 12.1 Å². The fraction of sp³-hybridized carbons (Fsp3) is 1.00. The van der Waals surface area contributed by atoms with E-state index in [9.17, 15) is 0 Å². The van der Waals surface area contributed by atoms with Gasteiger partial charge in [-0.15, -0.1) is 0 Å². The van der Waals surface area contributed by atoms with Crippen LogP contribution in [0, 0.1) is 16.7 Å². The largest absolute Gasteiger partial charge is 0.378 e. The molecule has 0 amide bonds. The highest BCUT2D eigenvalue weighted by molar-refractivity contribution is 5.11. The summed E-state index contributed by atoms with van der Waals surface area (Å²) in [5.74, 6) is 0.892. The number of hydrogen-bond donors (Lipinski definition) is 1. The molecule has 0 radical (unpaired) electrons. The van der Waals surface area contributed by atoms with Crippen molar-refractivity contribution in [1.82, 2.24) is 5.32 Å². The topological polar surface area (TPSA) is 21.3 Å². The lowest BCUT2D eigenvalue weighted by atomic mass is 9.70. The summed E-state index contributed by atoms with van der Waals surface area (Å²) in [7, 11) is 0. The van der Waals surface area contributed by atoms with Crippen molar-refractivity contribution in [2.75, 3.05) is 13.2 Å². The monoisotopic (exact) mass is 295 g/mol. The molecule has 0 spiro atoms. The van der Waals surface area contributed by atoms with E-state index in [1.807, 2.05) is 0 Å². The van der Waals surface area contributed by atoms with E-state index in [1.54, 1.807) is 0 Å². The molecule has 0 aliphatic heterocycles. The standard InChI is InChI=1S/C19H37NO/c1-17(2,3)20-12-8-7-9-13-21-16-14-15-10-11-19(16,6)18(15,4)5/h15-16,20H,7-14H2,1-6H3. The first-order chi connectivity index (χ1) is 9.67. The molecule has 2 fully saturated rings. The van der Waals surface area contributed by atoms with E-state index in [4.69, 9.17) is 4.74 Å². The normalized spacial score (nSPS) is 34.6. The molecule has 2 saturated carbocycles. The average Bonchev–Trinajstić information content (AvgIpc) is 2.69. The molecule has 0 aromatic rings. The fourth-order valence-corrected chi connectivity index (χ4v) is 4.48. The molecule has 2 aliphatic carbocycles. The predicted octanol–water partition coefficient (Wildman–Crippen LogP) is 4.78. The first kappa shape index (κ1) is 17.3. The van der Waals surface area contributed by atoms with Crippen LogP contribution in [0.1, 0.15) is 80.1 Å². The van der Waals surface area contributed by atoms with Crippen LogP contribution in [0.4, 0.5) is 0 Å². The molecule has 2 aliphatic rings. The second kappa shape index (κ2) is 6.20. The Kier molecular flexibility index (Phi) is 5.10. The van der Waals surface area contributed by atoms with E-state index < -0.39 is 0 Å². The van der Waals surface area contributed by atoms with Crippen molar-refractivity contribution in [3.05, 3.63) is 0 Å². The third-order valence-electron chi connectivity index (χ3n) is 6.51. The van der Waals surface area contributed by atoms with Crippen LogP contribution < -0.4 is 5.32 Å². The van der Waals surface area contributed by atoms with E-state index in [2.05, 4.69) is 46.9 Å². The smallest absolute Gasteiger partial charge is 0.0636 e. The summed E-state index contributed by atoms with van der Waals surface area (Å²) in [5.41, 5.74) is 1.15. The van der Waals surface area contributed by atoms with Crippen molar-refractivity contribution in [2.24, 2.45) is 16.7 Å². The lowest BCUT2D eigenvalue weighted by Crippen LogP contribution is -2.37. The number of nitrogens with one attached hydrogen (secondary N) is 1. The van der Waals surface area contributed by atoms with Gasteiger partial charge in [0.15, 0.2) is 0 Å². The van der Waals surface area contributed by atoms with E-state index in [1.165, 1.54) is 38.5 Å². The first-order valence-electron chi connectivity index (χ1n) is 9.03. The number of rotatable bonds is 7. The molecule has 1 N–H and O–H groups in total. The number of unbranched alkanes of at least 4 members (excludes halogenated alkanes) is 2. The van der Waals surface area contributed by atoms with Crippen LogP contribution in [0.3, 0.4) is 0 Å². The SMILES string of the molecule is CC(C)(C)NCCCCCOC1CC2CCC1(C)C2(C)C. The van der Waals surface area contributed by atoms with Crippen molar-refractivity contribution in [3.63, 3.8) is 0 Å². The summed E-state index contributed by atoms with van der Waals surface area (Å²) >= 11 is 0. The summed E-state index contributed by atoms with van der Waals surface area (Å²) in [6, 6.07) is 0. The van der Waals surface area contributed by atoms with Gasteiger partial charge in [0.2, 0.25) is 0 Å². The Morgan fingerprint density at radius 3 is 2.33 bits per heavy atom. The Morgan fingerprint density at radius 1 is 1.10 bits per heavy atom. The van der Waals surface area contributed by atoms with Gasteiger partial charge in [-0.1, -0.05) is 20.8 Å². The number of hydrogen-bond acceptors (Lipinski definition) is 2.